The van der Waals surface area contributed by atoms with Crippen LogP contribution in [-0.4, -0.2) is 33.5 Å². The van der Waals surface area contributed by atoms with Crippen LogP contribution in [0.15, 0.2) is 28.2 Å². The van der Waals surface area contributed by atoms with Crippen LogP contribution >= 0.6 is 0 Å². The summed E-state index contributed by atoms with van der Waals surface area (Å²) in [5, 5.41) is 7.06. The molecule has 0 bridgehead atoms. The Labute approximate surface area is 191 Å². The first-order valence-corrected chi connectivity index (χ1v) is 11.6. The Bertz CT molecular complexity index is 1090. The van der Waals surface area contributed by atoms with Gasteiger partial charge in [0.1, 0.15) is 6.04 Å². The molecule has 1 aliphatic heterocycles. The van der Waals surface area contributed by atoms with Crippen LogP contribution in [0.2, 0.25) is 0 Å². The maximum absolute atomic E-state index is 13.0. The smallest absolute Gasteiger partial charge is 0.334 e. The summed E-state index contributed by atoms with van der Waals surface area (Å²) in [5.74, 6) is -0.721. The van der Waals surface area contributed by atoms with Crippen molar-refractivity contribution in [2.75, 3.05) is 6.54 Å². The molecule has 2 N–H and O–H groups in total. The molecule has 10 heteroatoms. The molecule has 178 valence electrons. The highest BCUT2D eigenvalue weighted by Crippen LogP contribution is 2.26. The fourth-order valence-electron chi connectivity index (χ4n) is 4.50. The van der Waals surface area contributed by atoms with Gasteiger partial charge in [0.15, 0.2) is 0 Å². The van der Waals surface area contributed by atoms with Crippen LogP contribution in [-0.2, 0) is 23.1 Å². The molecule has 0 aliphatic carbocycles. The lowest BCUT2D eigenvalue weighted by Crippen LogP contribution is -2.44. The maximum atomic E-state index is 13.0. The minimum Gasteiger partial charge on any atom is -0.334 e. The highest BCUT2D eigenvalue weighted by atomic mass is 16.3. The van der Waals surface area contributed by atoms with Crippen LogP contribution in [0.1, 0.15) is 69.4 Å². The van der Waals surface area contributed by atoms with E-state index in [0.29, 0.717) is 13.0 Å². The fraction of sp³-hybridized carbons (Fsp3) is 0.565. The van der Waals surface area contributed by atoms with E-state index in [-0.39, 0.29) is 18.0 Å². The number of imidazole rings is 1. The van der Waals surface area contributed by atoms with Crippen molar-refractivity contribution in [3.63, 3.8) is 0 Å². The van der Waals surface area contributed by atoms with Gasteiger partial charge in [-0.25, -0.2) is 9.59 Å². The first kappa shape index (κ1) is 24.3. The van der Waals surface area contributed by atoms with Crippen LogP contribution in [0, 0.1) is 4.91 Å². The second-order valence-corrected chi connectivity index (χ2v) is 8.51. The summed E-state index contributed by atoms with van der Waals surface area (Å²) in [5.41, 5.74) is 2.41. The van der Waals surface area contributed by atoms with Gasteiger partial charge in [-0.1, -0.05) is 44.2 Å². The molecular formula is C23H31N5O5. The fourth-order valence-corrected chi connectivity index (χ4v) is 4.50. The summed E-state index contributed by atoms with van der Waals surface area (Å²) in [6.07, 6.45) is 8.58. The minimum atomic E-state index is -0.810. The topological polar surface area (TPSA) is 132 Å². The normalized spacial score (nSPS) is 16.1. The molecule has 4 amide bonds. The number of carbonyl (C=O) groups excluding carboxylic acids is 3. The van der Waals surface area contributed by atoms with Gasteiger partial charge in [-0.3, -0.25) is 24.0 Å². The van der Waals surface area contributed by atoms with Crippen LogP contribution in [0.3, 0.4) is 0 Å². The largest absolute Gasteiger partial charge is 0.378 e. The minimum absolute atomic E-state index is 0.226. The zero-order chi connectivity index (χ0) is 23.8. The molecule has 3 rings (SSSR count). The van der Waals surface area contributed by atoms with Crippen molar-refractivity contribution in [1.82, 2.24) is 19.8 Å². The average molecular weight is 458 g/mol. The van der Waals surface area contributed by atoms with Crippen LogP contribution in [0.25, 0.3) is 11.0 Å². The molecule has 1 atom stereocenters. The number of hydrogen-bond acceptors (Lipinski definition) is 5. The summed E-state index contributed by atoms with van der Waals surface area (Å²) < 4.78 is 3.13. The first-order valence-electron chi connectivity index (χ1n) is 11.6. The molecule has 2 heterocycles. The molecule has 10 nitrogen and oxygen atoms in total. The number of aromatic nitrogens is 2. The quantitative estimate of drug-likeness (QED) is 0.304. The number of amides is 4. The Morgan fingerprint density at radius 3 is 2.48 bits per heavy atom. The summed E-state index contributed by atoms with van der Waals surface area (Å²) in [6.45, 7) is 0.478. The number of nitrogens with one attached hydrogen (secondary N) is 2. The van der Waals surface area contributed by atoms with E-state index in [1.165, 1.54) is 4.57 Å². The number of carbonyl (C=O) groups is 3. The predicted octanol–water partition coefficient (Wildman–Crippen LogP) is 3.07. The van der Waals surface area contributed by atoms with Gasteiger partial charge < -0.3 is 5.32 Å². The van der Waals surface area contributed by atoms with Crippen molar-refractivity contribution in [3.05, 3.63) is 39.2 Å². The molecular weight excluding hydrogens is 426 g/mol. The number of rotatable bonds is 11. The van der Waals surface area contributed by atoms with E-state index in [0.717, 1.165) is 68.0 Å². The number of para-hydroxylation sites is 1. The number of imide groups is 1. The second-order valence-electron chi connectivity index (χ2n) is 8.51. The molecule has 1 fully saturated rings. The molecule has 0 saturated carbocycles. The number of aryl methyl sites for hydroxylation is 2. The summed E-state index contributed by atoms with van der Waals surface area (Å²) >= 11 is 0. The average Bonchev–Trinajstić information content (AvgIpc) is 3.05. The lowest BCUT2D eigenvalue weighted by molar-refractivity contribution is -0.135. The molecule has 0 spiro atoms. The van der Waals surface area contributed by atoms with Gasteiger partial charge in [-0.2, -0.15) is 0 Å². The van der Waals surface area contributed by atoms with Gasteiger partial charge in [-0.15, -0.1) is 4.91 Å². The number of piperidine rings is 1. The van der Waals surface area contributed by atoms with Gasteiger partial charge in [0.05, 0.1) is 11.0 Å². The van der Waals surface area contributed by atoms with Gasteiger partial charge in [0.25, 0.3) is 0 Å². The molecule has 1 saturated heterocycles. The molecule has 0 radical (unpaired) electrons. The number of nitroso groups, excluding NO2 is 1. The van der Waals surface area contributed by atoms with Crippen LogP contribution in [0.4, 0.5) is 4.79 Å². The van der Waals surface area contributed by atoms with E-state index in [1.807, 2.05) is 18.2 Å². The lowest BCUT2D eigenvalue weighted by Gasteiger charge is -2.21. The Balaban J connectivity index is 1.52. The number of benzene rings is 1. The summed E-state index contributed by atoms with van der Waals surface area (Å²) in [4.78, 5) is 57.5. The van der Waals surface area contributed by atoms with Crippen molar-refractivity contribution >= 4 is 28.9 Å². The third-order valence-electron chi connectivity index (χ3n) is 6.19. The molecule has 1 aliphatic rings. The first-order chi connectivity index (χ1) is 15.9. The van der Waals surface area contributed by atoms with E-state index in [2.05, 4.69) is 15.8 Å². The second kappa shape index (κ2) is 11.5. The van der Waals surface area contributed by atoms with E-state index < -0.39 is 18.0 Å². The van der Waals surface area contributed by atoms with Crippen molar-refractivity contribution in [2.24, 2.45) is 12.2 Å². The van der Waals surface area contributed by atoms with Gasteiger partial charge in [0.2, 0.25) is 11.8 Å². The standard InChI is InChI=1S/C23H31N5O5/c1-27-20-16(10-7-5-3-2-4-6-8-15-24-22(31)26-33)11-9-12-17(20)28(23(27)32)18-13-14-19(29)25-21(18)30/h9,11-12,18H,2-8,10,13-15H2,1H3,(H,24,31)(H,25,29,30). The maximum Gasteiger partial charge on any atom is 0.378 e. The molecule has 1 aromatic carbocycles. The van der Waals surface area contributed by atoms with Crippen molar-refractivity contribution < 1.29 is 14.4 Å². The number of nitrogens with zero attached hydrogens (tertiary/aromatic N) is 3. The molecule has 1 unspecified atom stereocenters. The number of unbranched alkanes of at least 4 members (excludes halogenated alkanes) is 6. The van der Waals surface area contributed by atoms with Crippen molar-refractivity contribution in [3.8, 4) is 0 Å². The third-order valence-corrected chi connectivity index (χ3v) is 6.19. The Kier molecular flexibility index (Phi) is 8.51. The number of fused-ring (bicyclic) bond motifs is 1. The van der Waals surface area contributed by atoms with Crippen LogP contribution in [0.5, 0.6) is 0 Å². The van der Waals surface area contributed by atoms with E-state index >= 15 is 0 Å². The van der Waals surface area contributed by atoms with E-state index in [4.69, 9.17) is 0 Å². The van der Waals surface area contributed by atoms with Crippen LogP contribution < -0.4 is 16.3 Å². The summed E-state index contributed by atoms with van der Waals surface area (Å²) in [7, 11) is 1.73. The molecule has 1 aromatic heterocycles. The SMILES string of the molecule is Cn1c(=O)n(C2CCC(=O)NC2=O)c2cccc(CCCCCCCCCNC(=O)N=O)c21. The molecule has 2 aromatic rings. The van der Waals surface area contributed by atoms with Crippen molar-refractivity contribution in [1.29, 1.82) is 0 Å². The highest BCUT2D eigenvalue weighted by molar-refractivity contribution is 6.00. The van der Waals surface area contributed by atoms with E-state index in [9.17, 15) is 24.1 Å². The van der Waals surface area contributed by atoms with Gasteiger partial charge >= 0.3 is 11.7 Å². The Morgan fingerprint density at radius 1 is 1.09 bits per heavy atom. The van der Waals surface area contributed by atoms with Gasteiger partial charge in [-0.05, 0) is 37.3 Å². The zero-order valence-electron chi connectivity index (χ0n) is 19.0. The number of hydrogen-bond donors (Lipinski definition) is 2. The zero-order valence-corrected chi connectivity index (χ0v) is 19.0. The molecule has 33 heavy (non-hydrogen) atoms. The third kappa shape index (κ3) is 5.94. The monoisotopic (exact) mass is 457 g/mol. The lowest BCUT2D eigenvalue weighted by atomic mass is 10.0. The van der Waals surface area contributed by atoms with E-state index in [1.54, 1.807) is 11.6 Å². The predicted molar refractivity (Wildman–Crippen MR) is 124 cm³/mol. The Morgan fingerprint density at radius 2 is 1.79 bits per heavy atom. The Hall–Kier alpha value is -3.30. The van der Waals surface area contributed by atoms with Gasteiger partial charge in [0, 0.05) is 25.2 Å². The number of urea groups is 1. The van der Waals surface area contributed by atoms with Crippen molar-refractivity contribution in [2.45, 2.75) is 70.3 Å². The summed E-state index contributed by atoms with van der Waals surface area (Å²) in [6, 6.07) is 4.32. The highest BCUT2D eigenvalue weighted by Gasteiger charge is 2.31.